The fourth-order valence-corrected chi connectivity index (χ4v) is 2.06. The Hall–Kier alpha value is -1.06. The lowest BCUT2D eigenvalue weighted by Gasteiger charge is -2.17. The average Bonchev–Trinajstić information content (AvgIpc) is 2.45. The topological polar surface area (TPSA) is 30.5 Å². The summed E-state index contributed by atoms with van der Waals surface area (Å²) in [6.07, 6.45) is 2.52. The van der Waals surface area contributed by atoms with Gasteiger partial charge in [0.05, 0.1) is 12.7 Å². The zero-order valence-electron chi connectivity index (χ0n) is 13.3. The minimum absolute atomic E-state index is 0.260. The number of hydrogen-bond acceptors (Lipinski definition) is 3. The molecule has 0 bridgehead atoms. The van der Waals surface area contributed by atoms with Crippen LogP contribution < -0.4 is 10.1 Å². The Morgan fingerprint density at radius 3 is 2.30 bits per heavy atom. The van der Waals surface area contributed by atoms with Crippen LogP contribution in [0, 0.1) is 0 Å². The Morgan fingerprint density at radius 1 is 1.05 bits per heavy atom. The maximum Gasteiger partial charge on any atom is 0.119 e. The number of benzene rings is 1. The molecule has 1 N–H and O–H groups in total. The van der Waals surface area contributed by atoms with E-state index in [0.717, 1.165) is 25.1 Å². The minimum Gasteiger partial charge on any atom is -0.491 e. The molecule has 0 aromatic heterocycles. The van der Waals surface area contributed by atoms with Gasteiger partial charge in [-0.15, -0.1) is 0 Å². The largest absolute Gasteiger partial charge is 0.491 e. The molecule has 0 aliphatic carbocycles. The van der Waals surface area contributed by atoms with Crippen molar-refractivity contribution >= 4 is 0 Å². The number of nitrogens with one attached hydrogen (secondary N) is 1. The van der Waals surface area contributed by atoms with Crippen molar-refractivity contribution in [1.29, 1.82) is 0 Å². The van der Waals surface area contributed by atoms with Crippen molar-refractivity contribution in [2.75, 3.05) is 19.8 Å². The van der Waals surface area contributed by atoms with Crippen molar-refractivity contribution < 1.29 is 9.47 Å². The van der Waals surface area contributed by atoms with Crippen molar-refractivity contribution in [3.63, 3.8) is 0 Å². The first kappa shape index (κ1) is 17.0. The van der Waals surface area contributed by atoms with Gasteiger partial charge >= 0.3 is 0 Å². The molecule has 0 heterocycles. The molecule has 0 spiro atoms. The molecule has 114 valence electrons. The third-order valence-corrected chi connectivity index (χ3v) is 3.13. The number of hydrogen-bond donors (Lipinski definition) is 1. The van der Waals surface area contributed by atoms with Gasteiger partial charge in [0.2, 0.25) is 0 Å². The molecule has 0 aliphatic heterocycles. The molecule has 3 heteroatoms. The Bertz CT molecular complexity index is 349. The highest BCUT2D eigenvalue weighted by molar-refractivity contribution is 5.29. The molecule has 0 saturated heterocycles. The monoisotopic (exact) mass is 279 g/mol. The van der Waals surface area contributed by atoms with E-state index in [2.05, 4.69) is 31.3 Å². The highest BCUT2D eigenvalue weighted by atomic mass is 16.5. The van der Waals surface area contributed by atoms with E-state index in [4.69, 9.17) is 9.47 Å². The zero-order valence-corrected chi connectivity index (χ0v) is 13.3. The SMILES string of the molecule is CCCNC(CC)c1ccc(OCCOC(C)C)cc1. The molecule has 3 nitrogen and oxygen atoms in total. The fraction of sp³-hybridized carbons (Fsp3) is 0.647. The van der Waals surface area contributed by atoms with Gasteiger partial charge in [0.15, 0.2) is 0 Å². The van der Waals surface area contributed by atoms with Crippen LogP contribution >= 0.6 is 0 Å². The first-order valence-electron chi connectivity index (χ1n) is 7.75. The first-order valence-corrected chi connectivity index (χ1v) is 7.75. The van der Waals surface area contributed by atoms with Gasteiger partial charge in [0.1, 0.15) is 12.4 Å². The van der Waals surface area contributed by atoms with Crippen LogP contribution in [-0.2, 0) is 4.74 Å². The Kier molecular flexibility index (Phi) is 8.31. The Labute approximate surface area is 123 Å². The first-order chi connectivity index (χ1) is 9.67. The summed E-state index contributed by atoms with van der Waals surface area (Å²) in [7, 11) is 0. The standard InChI is InChI=1S/C17H29NO2/c1-5-11-18-17(6-2)15-7-9-16(10-8-15)20-13-12-19-14(3)4/h7-10,14,17-18H,5-6,11-13H2,1-4H3. The molecular formula is C17H29NO2. The van der Waals surface area contributed by atoms with E-state index in [1.165, 1.54) is 5.56 Å². The fourth-order valence-electron chi connectivity index (χ4n) is 2.06. The lowest BCUT2D eigenvalue weighted by atomic mass is 10.0. The molecule has 0 radical (unpaired) electrons. The van der Waals surface area contributed by atoms with E-state index in [-0.39, 0.29) is 6.10 Å². The second kappa shape index (κ2) is 9.78. The van der Waals surface area contributed by atoms with Gasteiger partial charge in [0, 0.05) is 6.04 Å². The van der Waals surface area contributed by atoms with Gasteiger partial charge in [-0.3, -0.25) is 0 Å². The van der Waals surface area contributed by atoms with Gasteiger partial charge in [-0.2, -0.15) is 0 Å². The molecule has 0 fully saturated rings. The number of rotatable bonds is 10. The minimum atomic E-state index is 0.260. The van der Waals surface area contributed by atoms with Crippen molar-refractivity contribution in [3.05, 3.63) is 29.8 Å². The highest BCUT2D eigenvalue weighted by Gasteiger charge is 2.07. The van der Waals surface area contributed by atoms with E-state index < -0.39 is 0 Å². The van der Waals surface area contributed by atoms with Crippen LogP contribution in [0.1, 0.15) is 52.1 Å². The van der Waals surface area contributed by atoms with E-state index >= 15 is 0 Å². The smallest absolute Gasteiger partial charge is 0.119 e. The van der Waals surface area contributed by atoms with Crippen LogP contribution in [0.2, 0.25) is 0 Å². The summed E-state index contributed by atoms with van der Waals surface area (Å²) >= 11 is 0. The van der Waals surface area contributed by atoms with Crippen LogP contribution in [0.4, 0.5) is 0 Å². The second-order valence-corrected chi connectivity index (χ2v) is 5.25. The van der Waals surface area contributed by atoms with Crippen LogP contribution in [0.25, 0.3) is 0 Å². The third-order valence-electron chi connectivity index (χ3n) is 3.13. The number of ether oxygens (including phenoxy) is 2. The zero-order chi connectivity index (χ0) is 14.8. The van der Waals surface area contributed by atoms with Crippen molar-refractivity contribution in [2.45, 2.75) is 52.7 Å². The van der Waals surface area contributed by atoms with Crippen molar-refractivity contribution in [2.24, 2.45) is 0 Å². The average molecular weight is 279 g/mol. The second-order valence-electron chi connectivity index (χ2n) is 5.25. The Morgan fingerprint density at radius 2 is 1.75 bits per heavy atom. The van der Waals surface area contributed by atoms with Crippen LogP contribution in [0.15, 0.2) is 24.3 Å². The molecular weight excluding hydrogens is 250 g/mol. The highest BCUT2D eigenvalue weighted by Crippen LogP contribution is 2.20. The molecule has 1 aromatic rings. The summed E-state index contributed by atoms with van der Waals surface area (Å²) in [5.41, 5.74) is 1.33. The lowest BCUT2D eigenvalue weighted by molar-refractivity contribution is 0.0552. The summed E-state index contributed by atoms with van der Waals surface area (Å²) < 4.78 is 11.1. The van der Waals surface area contributed by atoms with E-state index in [1.54, 1.807) is 0 Å². The van der Waals surface area contributed by atoms with Gasteiger partial charge < -0.3 is 14.8 Å². The van der Waals surface area contributed by atoms with E-state index in [0.29, 0.717) is 19.3 Å². The summed E-state index contributed by atoms with van der Waals surface area (Å²) in [6.45, 7) is 10.8. The molecule has 1 aromatic carbocycles. The predicted molar refractivity (Wildman–Crippen MR) is 84.4 cm³/mol. The van der Waals surface area contributed by atoms with E-state index in [9.17, 15) is 0 Å². The normalized spacial score (nSPS) is 12.7. The summed E-state index contributed by atoms with van der Waals surface area (Å²) in [6, 6.07) is 8.82. The maximum atomic E-state index is 5.66. The molecule has 1 unspecified atom stereocenters. The van der Waals surface area contributed by atoms with Crippen LogP contribution in [0.5, 0.6) is 5.75 Å². The molecule has 1 rings (SSSR count). The van der Waals surface area contributed by atoms with Crippen molar-refractivity contribution in [3.8, 4) is 5.75 Å². The van der Waals surface area contributed by atoms with Crippen LogP contribution in [-0.4, -0.2) is 25.9 Å². The third kappa shape index (κ3) is 6.40. The van der Waals surface area contributed by atoms with Gasteiger partial charge in [-0.1, -0.05) is 26.0 Å². The maximum absolute atomic E-state index is 5.66. The van der Waals surface area contributed by atoms with Gasteiger partial charge in [-0.05, 0) is 50.9 Å². The summed E-state index contributed by atoms with van der Waals surface area (Å²) in [5, 5.41) is 3.56. The quantitative estimate of drug-likeness (QED) is 0.658. The molecule has 1 atom stereocenters. The van der Waals surface area contributed by atoms with Crippen LogP contribution in [0.3, 0.4) is 0 Å². The predicted octanol–water partition coefficient (Wildman–Crippen LogP) is 3.94. The Balaban J connectivity index is 2.42. The molecule has 0 aliphatic rings. The molecule has 0 saturated carbocycles. The van der Waals surface area contributed by atoms with Crippen molar-refractivity contribution in [1.82, 2.24) is 5.32 Å². The van der Waals surface area contributed by atoms with E-state index in [1.807, 2.05) is 26.0 Å². The summed E-state index contributed by atoms with van der Waals surface area (Å²) in [5.74, 6) is 0.909. The van der Waals surface area contributed by atoms with Gasteiger partial charge in [0.25, 0.3) is 0 Å². The van der Waals surface area contributed by atoms with Gasteiger partial charge in [-0.25, -0.2) is 0 Å². The molecule has 0 amide bonds. The summed E-state index contributed by atoms with van der Waals surface area (Å²) in [4.78, 5) is 0. The lowest BCUT2D eigenvalue weighted by Crippen LogP contribution is -2.21. The molecule has 20 heavy (non-hydrogen) atoms.